The molecule has 5 nitrogen and oxygen atoms in total. The standard InChI is InChI=1S/C22H22ClN3O2/c1-16-20(21(24-28-16)18-5-3-2-4-6-18)22(27)26-13-11-25(12-14-26)15-17-7-9-19(23)10-8-17/h2-10H,11-15H2,1H3. The zero-order valence-corrected chi connectivity index (χ0v) is 16.5. The molecule has 0 saturated carbocycles. The summed E-state index contributed by atoms with van der Waals surface area (Å²) in [5.74, 6) is 0.552. The predicted octanol–water partition coefficient (Wildman–Crippen LogP) is 4.26. The third-order valence-corrected chi connectivity index (χ3v) is 5.35. The van der Waals surface area contributed by atoms with Crippen LogP contribution in [0.15, 0.2) is 59.1 Å². The predicted molar refractivity (Wildman–Crippen MR) is 109 cm³/mol. The molecule has 1 saturated heterocycles. The van der Waals surface area contributed by atoms with E-state index in [2.05, 4.69) is 10.1 Å². The summed E-state index contributed by atoms with van der Waals surface area (Å²) in [6, 6.07) is 17.6. The van der Waals surface area contributed by atoms with Gasteiger partial charge in [0.1, 0.15) is 17.0 Å². The van der Waals surface area contributed by atoms with Gasteiger partial charge >= 0.3 is 0 Å². The number of aromatic nitrogens is 1. The summed E-state index contributed by atoms with van der Waals surface area (Å²) >= 11 is 5.96. The van der Waals surface area contributed by atoms with Gasteiger partial charge in [-0.3, -0.25) is 9.69 Å². The molecule has 1 fully saturated rings. The summed E-state index contributed by atoms with van der Waals surface area (Å²) in [7, 11) is 0. The molecule has 0 atom stereocenters. The lowest BCUT2D eigenvalue weighted by molar-refractivity contribution is 0.0627. The van der Waals surface area contributed by atoms with E-state index in [0.29, 0.717) is 30.1 Å². The number of carbonyl (C=O) groups is 1. The molecular weight excluding hydrogens is 374 g/mol. The molecule has 0 N–H and O–H groups in total. The zero-order valence-electron chi connectivity index (χ0n) is 15.8. The van der Waals surface area contributed by atoms with Crippen LogP contribution in [0.2, 0.25) is 5.02 Å². The van der Waals surface area contributed by atoms with Gasteiger partial charge in [0.25, 0.3) is 5.91 Å². The SMILES string of the molecule is Cc1onc(-c2ccccc2)c1C(=O)N1CCN(Cc2ccc(Cl)cc2)CC1. The van der Waals surface area contributed by atoms with Gasteiger partial charge in [0.05, 0.1) is 0 Å². The third-order valence-electron chi connectivity index (χ3n) is 5.10. The Morgan fingerprint density at radius 2 is 1.71 bits per heavy atom. The Kier molecular flexibility index (Phi) is 5.46. The van der Waals surface area contributed by atoms with Gasteiger partial charge in [0, 0.05) is 43.3 Å². The molecule has 0 bridgehead atoms. The van der Waals surface area contributed by atoms with E-state index in [9.17, 15) is 4.79 Å². The van der Waals surface area contributed by atoms with Gasteiger partial charge in [0.15, 0.2) is 0 Å². The first-order valence-electron chi connectivity index (χ1n) is 9.39. The quantitative estimate of drug-likeness (QED) is 0.662. The molecule has 2 aromatic carbocycles. The summed E-state index contributed by atoms with van der Waals surface area (Å²) in [6.07, 6.45) is 0. The smallest absolute Gasteiger partial charge is 0.259 e. The highest BCUT2D eigenvalue weighted by molar-refractivity contribution is 6.30. The number of benzene rings is 2. The fourth-order valence-electron chi connectivity index (χ4n) is 3.53. The Morgan fingerprint density at radius 1 is 1.04 bits per heavy atom. The highest BCUT2D eigenvalue weighted by atomic mass is 35.5. The Labute approximate surface area is 169 Å². The van der Waals surface area contributed by atoms with E-state index >= 15 is 0 Å². The first-order chi connectivity index (χ1) is 13.6. The Hall–Kier alpha value is -2.63. The van der Waals surface area contributed by atoms with Gasteiger partial charge in [-0.15, -0.1) is 0 Å². The lowest BCUT2D eigenvalue weighted by atomic mass is 10.0. The maximum Gasteiger partial charge on any atom is 0.259 e. The Balaban J connectivity index is 1.43. The van der Waals surface area contributed by atoms with Crippen LogP contribution in [0.4, 0.5) is 0 Å². The van der Waals surface area contributed by atoms with Gasteiger partial charge in [-0.05, 0) is 24.6 Å². The van der Waals surface area contributed by atoms with Crippen LogP contribution in [0.1, 0.15) is 21.7 Å². The van der Waals surface area contributed by atoms with Crippen LogP contribution in [0.5, 0.6) is 0 Å². The molecule has 6 heteroatoms. The number of rotatable bonds is 4. The van der Waals surface area contributed by atoms with Gasteiger partial charge in [-0.1, -0.05) is 59.2 Å². The minimum absolute atomic E-state index is 0.0104. The van der Waals surface area contributed by atoms with Crippen LogP contribution in [-0.2, 0) is 6.54 Å². The number of hydrogen-bond acceptors (Lipinski definition) is 4. The fraction of sp³-hybridized carbons (Fsp3) is 0.273. The van der Waals surface area contributed by atoms with E-state index in [1.165, 1.54) is 5.56 Å². The first-order valence-corrected chi connectivity index (χ1v) is 9.77. The molecule has 3 aromatic rings. The second-order valence-corrected chi connectivity index (χ2v) is 7.46. The van der Waals surface area contributed by atoms with Crippen molar-refractivity contribution in [2.24, 2.45) is 0 Å². The molecule has 1 aliphatic heterocycles. The van der Waals surface area contributed by atoms with Crippen LogP contribution in [-0.4, -0.2) is 47.0 Å². The van der Waals surface area contributed by atoms with Crippen molar-refractivity contribution in [1.29, 1.82) is 0 Å². The van der Waals surface area contributed by atoms with Crippen LogP contribution in [0, 0.1) is 6.92 Å². The maximum absolute atomic E-state index is 13.2. The van der Waals surface area contributed by atoms with Crippen molar-refractivity contribution < 1.29 is 9.32 Å². The topological polar surface area (TPSA) is 49.6 Å². The molecule has 0 unspecified atom stereocenters. The van der Waals surface area contributed by atoms with Crippen LogP contribution >= 0.6 is 11.6 Å². The van der Waals surface area contributed by atoms with E-state index in [-0.39, 0.29) is 5.91 Å². The molecule has 4 rings (SSSR count). The zero-order chi connectivity index (χ0) is 19.5. The highest BCUT2D eigenvalue weighted by Gasteiger charge is 2.28. The van der Waals surface area contributed by atoms with Crippen molar-refractivity contribution in [3.8, 4) is 11.3 Å². The molecule has 1 aliphatic rings. The number of nitrogens with zero attached hydrogens (tertiary/aromatic N) is 3. The van der Waals surface area contributed by atoms with Crippen molar-refractivity contribution in [3.05, 3.63) is 76.5 Å². The maximum atomic E-state index is 13.2. The molecule has 0 spiro atoms. The lowest BCUT2D eigenvalue weighted by Gasteiger charge is -2.34. The number of carbonyl (C=O) groups excluding carboxylic acids is 1. The van der Waals surface area contributed by atoms with Gasteiger partial charge < -0.3 is 9.42 Å². The van der Waals surface area contributed by atoms with Crippen molar-refractivity contribution in [2.75, 3.05) is 26.2 Å². The molecule has 1 amide bonds. The molecule has 0 radical (unpaired) electrons. The molecule has 144 valence electrons. The fourth-order valence-corrected chi connectivity index (χ4v) is 3.66. The second-order valence-electron chi connectivity index (χ2n) is 7.02. The number of hydrogen-bond donors (Lipinski definition) is 0. The van der Waals surface area contributed by atoms with Crippen molar-refractivity contribution in [2.45, 2.75) is 13.5 Å². The third kappa shape index (κ3) is 3.96. The molecule has 2 heterocycles. The van der Waals surface area contributed by atoms with E-state index in [4.69, 9.17) is 16.1 Å². The average Bonchev–Trinajstić information content (AvgIpc) is 3.12. The number of aryl methyl sites for hydroxylation is 1. The van der Waals surface area contributed by atoms with E-state index in [1.54, 1.807) is 6.92 Å². The van der Waals surface area contributed by atoms with E-state index < -0.39 is 0 Å². The summed E-state index contributed by atoms with van der Waals surface area (Å²) in [5, 5.41) is 4.88. The Bertz CT molecular complexity index is 946. The van der Waals surface area contributed by atoms with Gasteiger partial charge in [0.2, 0.25) is 0 Å². The minimum Gasteiger partial charge on any atom is -0.360 e. The molecular formula is C22H22ClN3O2. The van der Waals surface area contributed by atoms with Crippen molar-refractivity contribution in [1.82, 2.24) is 15.0 Å². The Morgan fingerprint density at radius 3 is 2.39 bits per heavy atom. The summed E-state index contributed by atoms with van der Waals surface area (Å²) in [5.41, 5.74) is 3.30. The molecule has 0 aliphatic carbocycles. The van der Waals surface area contributed by atoms with Crippen molar-refractivity contribution in [3.63, 3.8) is 0 Å². The summed E-state index contributed by atoms with van der Waals surface area (Å²) < 4.78 is 5.35. The lowest BCUT2D eigenvalue weighted by Crippen LogP contribution is -2.48. The number of piperazine rings is 1. The van der Waals surface area contributed by atoms with Crippen LogP contribution in [0.25, 0.3) is 11.3 Å². The average molecular weight is 396 g/mol. The second kappa shape index (κ2) is 8.17. The van der Waals surface area contributed by atoms with Gasteiger partial charge in [-0.25, -0.2) is 0 Å². The number of amides is 1. The van der Waals surface area contributed by atoms with Crippen LogP contribution < -0.4 is 0 Å². The normalized spacial score (nSPS) is 15.0. The van der Waals surface area contributed by atoms with E-state index in [1.807, 2.05) is 59.5 Å². The summed E-state index contributed by atoms with van der Waals surface area (Å²) in [6.45, 7) is 5.69. The van der Waals surface area contributed by atoms with Crippen molar-refractivity contribution >= 4 is 17.5 Å². The number of halogens is 1. The highest BCUT2D eigenvalue weighted by Crippen LogP contribution is 2.26. The monoisotopic (exact) mass is 395 g/mol. The van der Waals surface area contributed by atoms with Gasteiger partial charge in [-0.2, -0.15) is 0 Å². The first kappa shape index (κ1) is 18.7. The van der Waals surface area contributed by atoms with E-state index in [0.717, 1.165) is 30.2 Å². The minimum atomic E-state index is -0.0104. The largest absolute Gasteiger partial charge is 0.360 e. The molecule has 1 aromatic heterocycles. The molecule has 28 heavy (non-hydrogen) atoms. The summed E-state index contributed by atoms with van der Waals surface area (Å²) in [4.78, 5) is 17.4. The van der Waals surface area contributed by atoms with Crippen LogP contribution in [0.3, 0.4) is 0 Å².